The van der Waals surface area contributed by atoms with Crippen molar-refractivity contribution in [2.24, 2.45) is 0 Å². The third kappa shape index (κ3) is 2.74. The molecule has 2 nitrogen and oxygen atoms in total. The highest BCUT2D eigenvalue weighted by Crippen LogP contribution is 2.24. The zero-order valence-corrected chi connectivity index (χ0v) is 9.95. The predicted molar refractivity (Wildman–Crippen MR) is 65.2 cm³/mol. The number of benzene rings is 1. The van der Waals surface area contributed by atoms with Gasteiger partial charge < -0.3 is 4.74 Å². The van der Waals surface area contributed by atoms with Gasteiger partial charge in [0.05, 0.1) is 11.2 Å². The lowest BCUT2D eigenvalue weighted by atomic mass is 10.1. The van der Waals surface area contributed by atoms with Crippen molar-refractivity contribution in [1.82, 2.24) is 4.98 Å². The summed E-state index contributed by atoms with van der Waals surface area (Å²) in [4.78, 5) is 3.97. The third-order valence-electron chi connectivity index (χ3n) is 2.11. The average molecular weight is 234 g/mol. The Morgan fingerprint density at radius 1 is 0.938 bits per heavy atom. The van der Waals surface area contributed by atoms with Gasteiger partial charge >= 0.3 is 0 Å². The summed E-state index contributed by atoms with van der Waals surface area (Å²) in [6.07, 6.45) is 3.22. The predicted octanol–water partition coefficient (Wildman–Crippen LogP) is 4.14. The van der Waals surface area contributed by atoms with Gasteiger partial charge in [0.15, 0.2) is 0 Å². The van der Waals surface area contributed by atoms with Crippen molar-refractivity contribution in [1.29, 1.82) is 0 Å². The van der Waals surface area contributed by atoms with Crippen molar-refractivity contribution in [3.63, 3.8) is 0 Å². The smallest absolute Gasteiger partial charge is 0.147 e. The molecule has 0 radical (unpaired) electrons. The Morgan fingerprint density at radius 3 is 2.25 bits per heavy atom. The molecule has 1 heterocycles. The minimum absolute atomic E-state index is 0.571. The van der Waals surface area contributed by atoms with Crippen LogP contribution in [0.1, 0.15) is 11.1 Å². The minimum atomic E-state index is 0.571. The van der Waals surface area contributed by atoms with E-state index in [1.165, 1.54) is 11.1 Å². The van der Waals surface area contributed by atoms with Gasteiger partial charge in [0.1, 0.15) is 11.5 Å². The van der Waals surface area contributed by atoms with E-state index in [-0.39, 0.29) is 0 Å². The van der Waals surface area contributed by atoms with Gasteiger partial charge in [0.2, 0.25) is 0 Å². The fourth-order valence-corrected chi connectivity index (χ4v) is 1.74. The zero-order valence-electron chi connectivity index (χ0n) is 9.20. The highest BCUT2D eigenvalue weighted by atomic mass is 35.5. The molecule has 0 aliphatic rings. The molecule has 0 saturated carbocycles. The molecule has 0 fully saturated rings. The van der Waals surface area contributed by atoms with Gasteiger partial charge in [-0.1, -0.05) is 17.7 Å². The van der Waals surface area contributed by atoms with E-state index in [0.717, 1.165) is 5.75 Å². The number of aromatic nitrogens is 1. The van der Waals surface area contributed by atoms with E-state index >= 15 is 0 Å². The second-order valence-corrected chi connectivity index (χ2v) is 4.20. The van der Waals surface area contributed by atoms with Crippen LogP contribution in [0.4, 0.5) is 0 Å². The summed E-state index contributed by atoms with van der Waals surface area (Å²) in [5.74, 6) is 1.46. The monoisotopic (exact) mass is 233 g/mol. The zero-order chi connectivity index (χ0) is 11.5. The van der Waals surface area contributed by atoms with Crippen molar-refractivity contribution >= 4 is 11.6 Å². The Bertz CT molecular complexity index is 491. The van der Waals surface area contributed by atoms with E-state index in [1.54, 1.807) is 18.5 Å². The lowest BCUT2D eigenvalue weighted by Crippen LogP contribution is -1.87. The number of hydrogen-bond acceptors (Lipinski definition) is 2. The largest absolute Gasteiger partial charge is 0.456 e. The van der Waals surface area contributed by atoms with Gasteiger partial charge in [-0.3, -0.25) is 4.98 Å². The van der Waals surface area contributed by atoms with E-state index in [2.05, 4.69) is 11.1 Å². The second-order valence-electron chi connectivity index (χ2n) is 3.76. The van der Waals surface area contributed by atoms with Crippen molar-refractivity contribution in [2.75, 3.05) is 0 Å². The maximum absolute atomic E-state index is 5.83. The normalized spacial score (nSPS) is 10.2. The third-order valence-corrected chi connectivity index (χ3v) is 2.32. The first-order valence-electron chi connectivity index (χ1n) is 5.00. The second kappa shape index (κ2) is 4.54. The Balaban J connectivity index is 2.27. The molecule has 0 saturated heterocycles. The number of aryl methyl sites for hydroxylation is 2. The first kappa shape index (κ1) is 11.0. The topological polar surface area (TPSA) is 22.1 Å². The Labute approximate surface area is 99.9 Å². The highest BCUT2D eigenvalue weighted by Gasteiger charge is 2.00. The quantitative estimate of drug-likeness (QED) is 0.778. The molecule has 0 N–H and O–H groups in total. The van der Waals surface area contributed by atoms with Crippen LogP contribution in [0.5, 0.6) is 11.5 Å². The molecule has 2 rings (SSSR count). The molecule has 3 heteroatoms. The summed E-state index contributed by atoms with van der Waals surface area (Å²) in [7, 11) is 0. The molecule has 0 bridgehead atoms. The van der Waals surface area contributed by atoms with E-state index in [4.69, 9.17) is 16.3 Å². The molecule has 0 amide bonds. The van der Waals surface area contributed by atoms with E-state index in [9.17, 15) is 0 Å². The van der Waals surface area contributed by atoms with Crippen LogP contribution in [-0.4, -0.2) is 4.98 Å². The number of hydrogen-bond donors (Lipinski definition) is 0. The van der Waals surface area contributed by atoms with Crippen LogP contribution in [0.15, 0.2) is 36.7 Å². The summed E-state index contributed by atoms with van der Waals surface area (Å²) >= 11 is 5.83. The highest BCUT2D eigenvalue weighted by molar-refractivity contribution is 6.30. The minimum Gasteiger partial charge on any atom is -0.456 e. The molecule has 16 heavy (non-hydrogen) atoms. The molecule has 1 aromatic carbocycles. The molecule has 0 atom stereocenters. The fraction of sp³-hybridized carbons (Fsp3) is 0.154. The molecule has 82 valence electrons. The summed E-state index contributed by atoms with van der Waals surface area (Å²) in [6.45, 7) is 4.08. The summed E-state index contributed by atoms with van der Waals surface area (Å²) in [6, 6.07) is 7.80. The molecular formula is C13H12ClNO. The first-order valence-corrected chi connectivity index (χ1v) is 5.38. The van der Waals surface area contributed by atoms with Gasteiger partial charge in [0, 0.05) is 12.3 Å². The standard InChI is InChI=1S/C13H12ClNO/c1-9-3-10(2)5-12(4-9)16-13-6-11(14)7-15-8-13/h3-8H,1-2H3. The average Bonchev–Trinajstić information content (AvgIpc) is 2.15. The van der Waals surface area contributed by atoms with Crippen LogP contribution in [0.2, 0.25) is 5.02 Å². The van der Waals surface area contributed by atoms with Crippen molar-refractivity contribution in [3.05, 3.63) is 52.8 Å². The number of rotatable bonds is 2. The summed E-state index contributed by atoms with van der Waals surface area (Å²) in [5.41, 5.74) is 2.34. The lowest BCUT2D eigenvalue weighted by Gasteiger charge is -2.07. The van der Waals surface area contributed by atoms with Crippen LogP contribution in [-0.2, 0) is 0 Å². The Hall–Kier alpha value is -1.54. The molecule has 0 aliphatic carbocycles. The van der Waals surface area contributed by atoms with Crippen molar-refractivity contribution < 1.29 is 4.74 Å². The molecule has 1 aromatic heterocycles. The SMILES string of the molecule is Cc1cc(C)cc(Oc2cncc(Cl)c2)c1. The molecule has 0 spiro atoms. The maximum Gasteiger partial charge on any atom is 0.147 e. The maximum atomic E-state index is 5.83. The molecular weight excluding hydrogens is 222 g/mol. The van der Waals surface area contributed by atoms with Crippen molar-refractivity contribution in [3.8, 4) is 11.5 Å². The van der Waals surface area contributed by atoms with E-state index in [1.807, 2.05) is 26.0 Å². The van der Waals surface area contributed by atoms with Crippen LogP contribution in [0, 0.1) is 13.8 Å². The Kier molecular flexibility index (Phi) is 3.11. The Morgan fingerprint density at radius 2 is 1.62 bits per heavy atom. The fourth-order valence-electron chi connectivity index (χ4n) is 1.58. The number of ether oxygens (including phenoxy) is 1. The van der Waals surface area contributed by atoms with Gasteiger partial charge in [-0.15, -0.1) is 0 Å². The van der Waals surface area contributed by atoms with Crippen LogP contribution in [0.3, 0.4) is 0 Å². The summed E-state index contributed by atoms with van der Waals surface area (Å²) < 4.78 is 5.67. The summed E-state index contributed by atoms with van der Waals surface area (Å²) in [5, 5.41) is 0.571. The van der Waals surface area contributed by atoms with Crippen LogP contribution >= 0.6 is 11.6 Å². The number of pyridine rings is 1. The van der Waals surface area contributed by atoms with Gasteiger partial charge in [-0.05, 0) is 37.1 Å². The van der Waals surface area contributed by atoms with Crippen LogP contribution < -0.4 is 4.74 Å². The lowest BCUT2D eigenvalue weighted by molar-refractivity contribution is 0.479. The van der Waals surface area contributed by atoms with Gasteiger partial charge in [-0.2, -0.15) is 0 Å². The number of nitrogens with zero attached hydrogens (tertiary/aromatic N) is 1. The molecule has 2 aromatic rings. The van der Waals surface area contributed by atoms with Crippen LogP contribution in [0.25, 0.3) is 0 Å². The van der Waals surface area contributed by atoms with E-state index in [0.29, 0.717) is 10.8 Å². The molecule has 0 aliphatic heterocycles. The van der Waals surface area contributed by atoms with Gasteiger partial charge in [0.25, 0.3) is 0 Å². The van der Waals surface area contributed by atoms with Gasteiger partial charge in [-0.25, -0.2) is 0 Å². The first-order chi connectivity index (χ1) is 7.63. The number of halogens is 1. The molecule has 0 unspecified atom stereocenters. The van der Waals surface area contributed by atoms with Crippen molar-refractivity contribution in [2.45, 2.75) is 13.8 Å². The van der Waals surface area contributed by atoms with E-state index < -0.39 is 0 Å².